The lowest BCUT2D eigenvalue weighted by Gasteiger charge is -2.13. The predicted octanol–water partition coefficient (Wildman–Crippen LogP) is 3.48. The Bertz CT molecular complexity index is 584. The van der Waals surface area contributed by atoms with Crippen LogP contribution in [0.4, 0.5) is 4.39 Å². The van der Waals surface area contributed by atoms with E-state index < -0.39 is 0 Å². The standard InChI is InChI=1S/C17H20FNO2/c1-20-14-7-3-12(4-8-14)5-9-16(19)13-6-10-17(21-2)15(18)11-13/h3-4,6-8,10-11,16H,5,9,19H2,1-2H3. The topological polar surface area (TPSA) is 44.5 Å². The van der Waals surface area contributed by atoms with Crippen molar-refractivity contribution in [3.63, 3.8) is 0 Å². The Morgan fingerprint density at radius 3 is 2.33 bits per heavy atom. The number of halogens is 1. The van der Waals surface area contributed by atoms with E-state index >= 15 is 0 Å². The van der Waals surface area contributed by atoms with Crippen molar-refractivity contribution in [1.82, 2.24) is 0 Å². The summed E-state index contributed by atoms with van der Waals surface area (Å²) in [6.45, 7) is 0. The van der Waals surface area contributed by atoms with Crippen LogP contribution >= 0.6 is 0 Å². The number of nitrogens with two attached hydrogens (primary N) is 1. The van der Waals surface area contributed by atoms with Crippen molar-refractivity contribution in [2.24, 2.45) is 5.73 Å². The third kappa shape index (κ3) is 3.95. The number of hydrogen-bond acceptors (Lipinski definition) is 3. The maximum Gasteiger partial charge on any atom is 0.165 e. The first-order chi connectivity index (χ1) is 10.1. The highest BCUT2D eigenvalue weighted by Crippen LogP contribution is 2.23. The van der Waals surface area contributed by atoms with E-state index in [0.29, 0.717) is 0 Å². The molecule has 1 atom stereocenters. The summed E-state index contributed by atoms with van der Waals surface area (Å²) >= 11 is 0. The van der Waals surface area contributed by atoms with Crippen LogP contribution in [0.3, 0.4) is 0 Å². The molecule has 0 aliphatic carbocycles. The molecule has 0 bridgehead atoms. The van der Waals surface area contributed by atoms with Gasteiger partial charge in [0.15, 0.2) is 11.6 Å². The van der Waals surface area contributed by atoms with Crippen molar-refractivity contribution in [1.29, 1.82) is 0 Å². The van der Waals surface area contributed by atoms with Gasteiger partial charge in [-0.15, -0.1) is 0 Å². The first-order valence-electron chi connectivity index (χ1n) is 6.86. The molecule has 1 unspecified atom stereocenters. The molecule has 3 nitrogen and oxygen atoms in total. The van der Waals surface area contributed by atoms with E-state index in [1.807, 2.05) is 24.3 Å². The highest BCUT2D eigenvalue weighted by molar-refractivity contribution is 5.31. The van der Waals surface area contributed by atoms with Crippen LogP contribution in [0, 0.1) is 5.82 Å². The average molecular weight is 289 g/mol. The molecule has 0 saturated heterocycles. The number of benzene rings is 2. The van der Waals surface area contributed by atoms with Gasteiger partial charge in [-0.25, -0.2) is 4.39 Å². The lowest BCUT2D eigenvalue weighted by Crippen LogP contribution is -2.11. The summed E-state index contributed by atoms with van der Waals surface area (Å²) in [5, 5.41) is 0. The van der Waals surface area contributed by atoms with Crippen LogP contribution in [0.25, 0.3) is 0 Å². The van der Waals surface area contributed by atoms with E-state index in [1.54, 1.807) is 19.2 Å². The van der Waals surface area contributed by atoms with Gasteiger partial charge in [-0.3, -0.25) is 0 Å². The molecular weight excluding hydrogens is 269 g/mol. The molecular formula is C17H20FNO2. The fraction of sp³-hybridized carbons (Fsp3) is 0.294. The molecule has 0 spiro atoms. The molecule has 4 heteroatoms. The van der Waals surface area contributed by atoms with Gasteiger partial charge in [0.25, 0.3) is 0 Å². The van der Waals surface area contributed by atoms with Crippen LogP contribution in [-0.4, -0.2) is 14.2 Å². The van der Waals surface area contributed by atoms with Crippen molar-refractivity contribution in [2.75, 3.05) is 14.2 Å². The number of hydrogen-bond donors (Lipinski definition) is 1. The van der Waals surface area contributed by atoms with Gasteiger partial charge in [-0.2, -0.15) is 0 Å². The molecule has 0 fully saturated rings. The van der Waals surface area contributed by atoms with E-state index in [0.717, 1.165) is 24.2 Å². The number of rotatable bonds is 6. The van der Waals surface area contributed by atoms with Gasteiger partial charge in [0.2, 0.25) is 0 Å². The minimum atomic E-state index is -0.380. The van der Waals surface area contributed by atoms with Crippen molar-refractivity contribution >= 4 is 0 Å². The minimum Gasteiger partial charge on any atom is -0.497 e. The fourth-order valence-electron chi connectivity index (χ4n) is 2.19. The second kappa shape index (κ2) is 7.09. The summed E-state index contributed by atoms with van der Waals surface area (Å²) in [4.78, 5) is 0. The quantitative estimate of drug-likeness (QED) is 0.885. The Balaban J connectivity index is 1.97. The minimum absolute atomic E-state index is 0.201. The molecule has 21 heavy (non-hydrogen) atoms. The molecule has 0 radical (unpaired) electrons. The highest BCUT2D eigenvalue weighted by Gasteiger charge is 2.10. The molecule has 2 N–H and O–H groups in total. The van der Waals surface area contributed by atoms with Crippen LogP contribution in [0.15, 0.2) is 42.5 Å². The maximum atomic E-state index is 13.7. The summed E-state index contributed by atoms with van der Waals surface area (Å²) < 4.78 is 23.7. The van der Waals surface area contributed by atoms with Gasteiger partial charge in [0, 0.05) is 6.04 Å². The van der Waals surface area contributed by atoms with E-state index in [2.05, 4.69) is 0 Å². The largest absolute Gasteiger partial charge is 0.497 e. The van der Waals surface area contributed by atoms with Crippen LogP contribution < -0.4 is 15.2 Å². The highest BCUT2D eigenvalue weighted by atomic mass is 19.1. The van der Waals surface area contributed by atoms with Crippen LogP contribution in [-0.2, 0) is 6.42 Å². The van der Waals surface area contributed by atoms with Crippen molar-refractivity contribution < 1.29 is 13.9 Å². The Hall–Kier alpha value is -2.07. The van der Waals surface area contributed by atoms with Gasteiger partial charge in [0.1, 0.15) is 5.75 Å². The molecule has 0 saturated carbocycles. The van der Waals surface area contributed by atoms with E-state index in [4.69, 9.17) is 15.2 Å². The molecule has 0 aliphatic rings. The molecule has 2 rings (SSSR count). The summed E-state index contributed by atoms with van der Waals surface area (Å²) in [5.74, 6) is 0.691. The molecule has 0 aliphatic heterocycles. The Kier molecular flexibility index (Phi) is 5.17. The molecule has 2 aromatic carbocycles. The van der Waals surface area contributed by atoms with E-state index in [9.17, 15) is 4.39 Å². The third-order valence-electron chi connectivity index (χ3n) is 3.51. The summed E-state index contributed by atoms with van der Waals surface area (Å²) in [5.41, 5.74) is 8.09. The zero-order chi connectivity index (χ0) is 15.2. The molecule has 2 aromatic rings. The van der Waals surface area contributed by atoms with Gasteiger partial charge in [0.05, 0.1) is 14.2 Å². The van der Waals surface area contributed by atoms with E-state index in [-0.39, 0.29) is 17.6 Å². The SMILES string of the molecule is COc1ccc(CCC(N)c2ccc(OC)c(F)c2)cc1. The van der Waals surface area contributed by atoms with Gasteiger partial charge >= 0.3 is 0 Å². The van der Waals surface area contributed by atoms with Crippen molar-refractivity contribution in [3.05, 3.63) is 59.4 Å². The molecule has 0 aromatic heterocycles. The third-order valence-corrected chi connectivity index (χ3v) is 3.51. The molecule has 0 amide bonds. The van der Waals surface area contributed by atoms with Crippen LogP contribution in [0.1, 0.15) is 23.6 Å². The van der Waals surface area contributed by atoms with Crippen molar-refractivity contribution in [2.45, 2.75) is 18.9 Å². The number of aryl methyl sites for hydroxylation is 1. The lowest BCUT2D eigenvalue weighted by atomic mass is 9.99. The summed E-state index contributed by atoms with van der Waals surface area (Å²) in [6.07, 6.45) is 1.58. The zero-order valence-electron chi connectivity index (χ0n) is 12.3. The zero-order valence-corrected chi connectivity index (χ0v) is 12.3. The fourth-order valence-corrected chi connectivity index (χ4v) is 2.19. The van der Waals surface area contributed by atoms with Crippen molar-refractivity contribution in [3.8, 4) is 11.5 Å². The summed E-state index contributed by atoms with van der Waals surface area (Å²) in [6, 6.07) is 12.5. The summed E-state index contributed by atoms with van der Waals surface area (Å²) in [7, 11) is 3.09. The monoisotopic (exact) mass is 289 g/mol. The Labute approximate surface area is 124 Å². The molecule has 112 valence electrons. The average Bonchev–Trinajstić information content (AvgIpc) is 2.53. The first-order valence-corrected chi connectivity index (χ1v) is 6.86. The number of methoxy groups -OCH3 is 2. The van der Waals surface area contributed by atoms with Gasteiger partial charge in [-0.1, -0.05) is 18.2 Å². The predicted molar refractivity (Wildman–Crippen MR) is 81.2 cm³/mol. The van der Waals surface area contributed by atoms with E-state index in [1.165, 1.54) is 18.7 Å². The Morgan fingerprint density at radius 1 is 1.05 bits per heavy atom. The first kappa shape index (κ1) is 15.3. The van der Waals surface area contributed by atoms with Crippen LogP contribution in [0.2, 0.25) is 0 Å². The van der Waals surface area contributed by atoms with Gasteiger partial charge in [-0.05, 0) is 48.2 Å². The van der Waals surface area contributed by atoms with Gasteiger partial charge < -0.3 is 15.2 Å². The maximum absolute atomic E-state index is 13.7. The second-order valence-electron chi connectivity index (χ2n) is 4.89. The number of ether oxygens (including phenoxy) is 2. The lowest BCUT2D eigenvalue weighted by molar-refractivity contribution is 0.385. The second-order valence-corrected chi connectivity index (χ2v) is 4.89. The Morgan fingerprint density at radius 2 is 1.76 bits per heavy atom. The molecule has 0 heterocycles. The normalized spacial score (nSPS) is 12.0. The van der Waals surface area contributed by atoms with Crippen LogP contribution in [0.5, 0.6) is 11.5 Å². The smallest absolute Gasteiger partial charge is 0.165 e.